The number of hydrogen-bond donors (Lipinski definition) is 1. The molecular weight excluding hydrogens is 305 g/mol. The van der Waals surface area contributed by atoms with Crippen molar-refractivity contribution >= 4 is 34.8 Å². The smallest absolute Gasteiger partial charge is 0.172 e. The third-order valence-corrected chi connectivity index (χ3v) is 4.14. The second-order valence-corrected chi connectivity index (χ2v) is 5.87. The summed E-state index contributed by atoms with van der Waals surface area (Å²) >= 11 is 6.49. The summed E-state index contributed by atoms with van der Waals surface area (Å²) in [5.74, 6) is 0.620. The van der Waals surface area contributed by atoms with Gasteiger partial charge >= 0.3 is 0 Å². The number of carbonyl (C=O) groups is 1. The Kier molecular flexibility index (Phi) is 5.47. The van der Waals surface area contributed by atoms with Gasteiger partial charge in [0, 0.05) is 16.9 Å². The lowest BCUT2D eigenvalue weighted by Gasteiger charge is -2.07. The maximum absolute atomic E-state index is 12.8. The number of thiocarbonyl (C=S) groups is 1. The van der Waals surface area contributed by atoms with Crippen LogP contribution in [0.2, 0.25) is 0 Å². The van der Waals surface area contributed by atoms with Crippen molar-refractivity contribution in [3.8, 4) is 0 Å². The average molecular weight is 319 g/mol. The third-order valence-electron chi connectivity index (χ3n) is 2.94. The van der Waals surface area contributed by atoms with E-state index in [4.69, 9.17) is 18.0 Å². The first-order valence-corrected chi connectivity index (χ1v) is 7.88. The zero-order valence-electron chi connectivity index (χ0n) is 11.2. The zero-order valence-corrected chi connectivity index (χ0v) is 12.8. The fourth-order valence-electron chi connectivity index (χ4n) is 1.86. The molecule has 0 aliphatic rings. The van der Waals surface area contributed by atoms with Crippen LogP contribution in [0.4, 0.5) is 4.39 Å². The van der Waals surface area contributed by atoms with Gasteiger partial charge in [-0.3, -0.25) is 4.79 Å². The van der Waals surface area contributed by atoms with Crippen LogP contribution in [-0.4, -0.2) is 16.5 Å². The van der Waals surface area contributed by atoms with E-state index in [9.17, 15) is 9.18 Å². The predicted octanol–water partition coefficient (Wildman–Crippen LogP) is 3.58. The van der Waals surface area contributed by atoms with Gasteiger partial charge in [-0.1, -0.05) is 36.5 Å². The lowest BCUT2D eigenvalue weighted by Crippen LogP contribution is -2.12. The minimum Gasteiger partial charge on any atom is -0.389 e. The minimum absolute atomic E-state index is 0.0205. The van der Waals surface area contributed by atoms with Gasteiger partial charge in [-0.05, 0) is 29.8 Å². The van der Waals surface area contributed by atoms with Crippen molar-refractivity contribution in [1.29, 1.82) is 0 Å². The third kappa shape index (κ3) is 4.37. The van der Waals surface area contributed by atoms with Gasteiger partial charge in [-0.15, -0.1) is 11.8 Å². The van der Waals surface area contributed by atoms with Crippen LogP contribution in [0.25, 0.3) is 0 Å². The van der Waals surface area contributed by atoms with E-state index < -0.39 is 0 Å². The summed E-state index contributed by atoms with van der Waals surface area (Å²) < 4.78 is 12.8. The summed E-state index contributed by atoms with van der Waals surface area (Å²) in [6.45, 7) is 0. The van der Waals surface area contributed by atoms with Gasteiger partial charge in [-0.25, -0.2) is 4.39 Å². The van der Waals surface area contributed by atoms with Crippen molar-refractivity contribution in [2.24, 2.45) is 5.73 Å². The summed E-state index contributed by atoms with van der Waals surface area (Å²) in [5.41, 5.74) is 8.05. The van der Waals surface area contributed by atoms with Crippen molar-refractivity contribution in [2.75, 3.05) is 5.75 Å². The molecule has 0 aromatic heterocycles. The standard InChI is InChI=1S/C16H14FNOS2/c17-13-7-5-11(6-8-13)15(19)10-21-9-12-3-1-2-4-14(12)16(18)20/h1-8H,9-10H2,(H2,18,20). The van der Waals surface area contributed by atoms with E-state index >= 15 is 0 Å². The number of hydrogen-bond acceptors (Lipinski definition) is 3. The van der Waals surface area contributed by atoms with Crippen molar-refractivity contribution in [3.05, 3.63) is 71.0 Å². The SMILES string of the molecule is NC(=S)c1ccccc1CSCC(=O)c1ccc(F)cc1. The Hall–Kier alpha value is -1.72. The lowest BCUT2D eigenvalue weighted by molar-refractivity contribution is 0.102. The summed E-state index contributed by atoms with van der Waals surface area (Å²) in [6, 6.07) is 13.2. The molecule has 0 aliphatic carbocycles. The number of halogens is 1. The molecule has 2 aromatic carbocycles. The molecule has 2 N–H and O–H groups in total. The van der Waals surface area contributed by atoms with E-state index in [0.717, 1.165) is 11.1 Å². The Bertz CT molecular complexity index is 656. The normalized spacial score (nSPS) is 10.3. The molecule has 2 aromatic rings. The van der Waals surface area contributed by atoms with E-state index in [-0.39, 0.29) is 11.6 Å². The molecule has 5 heteroatoms. The molecule has 0 heterocycles. The zero-order chi connectivity index (χ0) is 15.2. The Balaban J connectivity index is 1.94. The first kappa shape index (κ1) is 15.7. The van der Waals surface area contributed by atoms with Crippen molar-refractivity contribution in [2.45, 2.75) is 5.75 Å². The fourth-order valence-corrected chi connectivity index (χ4v) is 2.98. The van der Waals surface area contributed by atoms with Crippen LogP contribution in [0.5, 0.6) is 0 Å². The maximum Gasteiger partial charge on any atom is 0.172 e. The molecule has 0 saturated heterocycles. The largest absolute Gasteiger partial charge is 0.389 e. The van der Waals surface area contributed by atoms with Crippen LogP contribution in [0.3, 0.4) is 0 Å². The molecule has 0 saturated carbocycles. The van der Waals surface area contributed by atoms with Gasteiger partial charge in [0.05, 0.1) is 5.75 Å². The summed E-state index contributed by atoms with van der Waals surface area (Å²) in [5, 5.41) is 0. The predicted molar refractivity (Wildman–Crippen MR) is 89.2 cm³/mol. The van der Waals surface area contributed by atoms with Gasteiger partial charge in [0.1, 0.15) is 10.8 Å². The van der Waals surface area contributed by atoms with Crippen LogP contribution in [0.15, 0.2) is 48.5 Å². The second kappa shape index (κ2) is 7.33. The van der Waals surface area contributed by atoms with Gasteiger partial charge in [0.25, 0.3) is 0 Å². The number of benzene rings is 2. The summed E-state index contributed by atoms with van der Waals surface area (Å²) in [4.78, 5) is 12.3. The lowest BCUT2D eigenvalue weighted by atomic mass is 10.1. The summed E-state index contributed by atoms with van der Waals surface area (Å²) in [7, 11) is 0. The molecule has 2 nitrogen and oxygen atoms in total. The van der Waals surface area contributed by atoms with Crippen LogP contribution in [0.1, 0.15) is 21.5 Å². The molecule has 0 unspecified atom stereocenters. The Morgan fingerprint density at radius 3 is 2.48 bits per heavy atom. The Morgan fingerprint density at radius 1 is 1.14 bits per heavy atom. The van der Waals surface area contributed by atoms with Gasteiger partial charge in [-0.2, -0.15) is 0 Å². The van der Waals surface area contributed by atoms with E-state index in [2.05, 4.69) is 0 Å². The highest BCUT2D eigenvalue weighted by Gasteiger charge is 2.08. The molecule has 21 heavy (non-hydrogen) atoms. The molecular formula is C16H14FNOS2. The van der Waals surface area contributed by atoms with Crippen LogP contribution in [0, 0.1) is 5.82 Å². The Labute approximate surface area is 132 Å². The molecule has 0 aliphatic heterocycles. The number of Topliss-reactive ketones (excluding diaryl/α,β-unsaturated/α-hetero) is 1. The molecule has 0 fully saturated rings. The first-order valence-electron chi connectivity index (χ1n) is 6.32. The molecule has 0 radical (unpaired) electrons. The minimum atomic E-state index is -0.343. The van der Waals surface area contributed by atoms with Crippen molar-refractivity contribution < 1.29 is 9.18 Å². The average Bonchev–Trinajstić information content (AvgIpc) is 2.48. The topological polar surface area (TPSA) is 43.1 Å². The second-order valence-electron chi connectivity index (χ2n) is 4.44. The van der Waals surface area contributed by atoms with E-state index in [1.807, 2.05) is 24.3 Å². The highest BCUT2D eigenvalue weighted by molar-refractivity contribution is 7.99. The maximum atomic E-state index is 12.8. The molecule has 0 amide bonds. The van der Waals surface area contributed by atoms with Gasteiger partial charge in [0.15, 0.2) is 5.78 Å². The summed E-state index contributed by atoms with van der Waals surface area (Å²) in [6.07, 6.45) is 0. The van der Waals surface area contributed by atoms with Gasteiger partial charge in [0.2, 0.25) is 0 Å². The molecule has 108 valence electrons. The molecule has 0 spiro atoms. The highest BCUT2D eigenvalue weighted by atomic mass is 32.2. The van der Waals surface area contributed by atoms with Crippen LogP contribution < -0.4 is 5.73 Å². The van der Waals surface area contributed by atoms with E-state index in [0.29, 0.717) is 22.1 Å². The van der Waals surface area contributed by atoms with Gasteiger partial charge < -0.3 is 5.73 Å². The molecule has 0 atom stereocenters. The number of carbonyl (C=O) groups excluding carboxylic acids is 1. The Morgan fingerprint density at radius 2 is 1.81 bits per heavy atom. The number of thioether (sulfide) groups is 1. The number of ketones is 1. The quantitative estimate of drug-likeness (QED) is 0.653. The molecule has 0 bridgehead atoms. The van der Waals surface area contributed by atoms with Crippen molar-refractivity contribution in [1.82, 2.24) is 0 Å². The number of nitrogens with two attached hydrogens (primary N) is 1. The number of rotatable bonds is 6. The fraction of sp³-hybridized carbons (Fsp3) is 0.125. The van der Waals surface area contributed by atoms with E-state index in [1.165, 1.54) is 36.0 Å². The first-order chi connectivity index (χ1) is 10.1. The monoisotopic (exact) mass is 319 g/mol. The van der Waals surface area contributed by atoms with Crippen molar-refractivity contribution in [3.63, 3.8) is 0 Å². The molecule has 2 rings (SSSR count). The van der Waals surface area contributed by atoms with E-state index in [1.54, 1.807) is 0 Å². The highest BCUT2D eigenvalue weighted by Crippen LogP contribution is 2.18. The van der Waals surface area contributed by atoms with Crippen LogP contribution in [-0.2, 0) is 5.75 Å². The van der Waals surface area contributed by atoms with Crippen LogP contribution >= 0.6 is 24.0 Å².